The zero-order valence-corrected chi connectivity index (χ0v) is 8.37. The molecule has 1 fully saturated rings. The summed E-state index contributed by atoms with van der Waals surface area (Å²) in [5.41, 5.74) is 0.422. The van der Waals surface area contributed by atoms with Crippen molar-refractivity contribution in [2.75, 3.05) is 11.9 Å². The molecule has 84 valence electrons. The van der Waals surface area contributed by atoms with Gasteiger partial charge in [0, 0.05) is 13.0 Å². The number of hydrogen-bond donors (Lipinski definition) is 2. The molecule has 0 spiro atoms. The Morgan fingerprint density at radius 2 is 2.38 bits per heavy atom. The monoisotopic (exact) mass is 223 g/mol. The summed E-state index contributed by atoms with van der Waals surface area (Å²) in [5.74, 6) is -1.35. The zero-order chi connectivity index (χ0) is 11.5. The minimum absolute atomic E-state index is 0.127. The first-order chi connectivity index (χ1) is 7.65. The molecule has 0 saturated carbocycles. The Morgan fingerprint density at radius 1 is 1.56 bits per heavy atom. The normalized spacial score (nSPS) is 19.3. The maximum atomic E-state index is 12.5. The van der Waals surface area contributed by atoms with Gasteiger partial charge in [0.2, 0.25) is 17.8 Å². The van der Waals surface area contributed by atoms with Crippen LogP contribution in [0.3, 0.4) is 0 Å². The van der Waals surface area contributed by atoms with Crippen LogP contribution in [0.25, 0.3) is 0 Å². The first kappa shape index (κ1) is 10.5. The van der Waals surface area contributed by atoms with E-state index in [4.69, 9.17) is 0 Å². The van der Waals surface area contributed by atoms with Gasteiger partial charge in [-0.3, -0.25) is 9.59 Å². The van der Waals surface area contributed by atoms with Crippen molar-refractivity contribution in [2.45, 2.75) is 6.42 Å². The van der Waals surface area contributed by atoms with Gasteiger partial charge in [-0.2, -0.15) is 4.39 Å². The molecule has 1 atom stereocenters. The van der Waals surface area contributed by atoms with E-state index in [-0.39, 0.29) is 24.2 Å². The summed E-state index contributed by atoms with van der Waals surface area (Å²) in [5, 5.41) is 5.14. The van der Waals surface area contributed by atoms with E-state index in [2.05, 4.69) is 15.6 Å². The van der Waals surface area contributed by atoms with Gasteiger partial charge in [-0.15, -0.1) is 0 Å². The third kappa shape index (κ3) is 2.33. The van der Waals surface area contributed by atoms with Gasteiger partial charge in [-0.05, 0) is 12.1 Å². The third-order valence-electron chi connectivity index (χ3n) is 2.34. The molecule has 1 aliphatic heterocycles. The number of pyridine rings is 1. The Morgan fingerprint density at radius 3 is 2.94 bits per heavy atom. The smallest absolute Gasteiger partial charge is 0.229 e. The molecule has 1 aromatic rings. The summed E-state index contributed by atoms with van der Waals surface area (Å²) in [6.45, 7) is 0.347. The summed E-state index contributed by atoms with van der Waals surface area (Å²) >= 11 is 0. The van der Waals surface area contributed by atoms with E-state index in [0.717, 1.165) is 6.07 Å². The van der Waals surface area contributed by atoms with Gasteiger partial charge in [-0.25, -0.2) is 4.98 Å². The number of hydrogen-bond acceptors (Lipinski definition) is 3. The molecule has 2 N–H and O–H groups in total. The van der Waals surface area contributed by atoms with Gasteiger partial charge in [0.15, 0.2) is 0 Å². The van der Waals surface area contributed by atoms with E-state index in [1.807, 2.05) is 0 Å². The Hall–Kier alpha value is -1.98. The highest BCUT2D eigenvalue weighted by Gasteiger charge is 2.27. The average Bonchev–Trinajstić information content (AvgIpc) is 2.68. The number of nitrogens with one attached hydrogen (secondary N) is 2. The lowest BCUT2D eigenvalue weighted by atomic mass is 10.1. The third-order valence-corrected chi connectivity index (χ3v) is 2.34. The fourth-order valence-electron chi connectivity index (χ4n) is 1.48. The molecular formula is C10H10FN3O2. The van der Waals surface area contributed by atoms with Gasteiger partial charge < -0.3 is 10.6 Å². The predicted octanol–water partition coefficient (Wildman–Crippen LogP) is 0.295. The zero-order valence-electron chi connectivity index (χ0n) is 8.37. The van der Waals surface area contributed by atoms with Gasteiger partial charge in [0.25, 0.3) is 0 Å². The lowest BCUT2D eigenvalue weighted by Crippen LogP contribution is -2.24. The van der Waals surface area contributed by atoms with Crippen LogP contribution >= 0.6 is 0 Å². The quantitative estimate of drug-likeness (QED) is 0.708. The first-order valence-electron chi connectivity index (χ1n) is 4.84. The van der Waals surface area contributed by atoms with Crippen molar-refractivity contribution in [3.05, 3.63) is 24.3 Å². The highest BCUT2D eigenvalue weighted by atomic mass is 19.1. The Bertz CT molecular complexity index is 419. The number of rotatable bonds is 2. The second-order valence-corrected chi connectivity index (χ2v) is 3.56. The Kier molecular flexibility index (Phi) is 2.80. The summed E-state index contributed by atoms with van der Waals surface area (Å²) in [4.78, 5) is 25.9. The van der Waals surface area contributed by atoms with Crippen molar-refractivity contribution in [1.29, 1.82) is 0 Å². The molecule has 0 bridgehead atoms. The van der Waals surface area contributed by atoms with Crippen LogP contribution in [0.15, 0.2) is 18.3 Å². The number of aromatic nitrogens is 1. The van der Waals surface area contributed by atoms with Crippen LogP contribution in [-0.2, 0) is 9.59 Å². The van der Waals surface area contributed by atoms with Gasteiger partial charge in [0.05, 0.1) is 17.8 Å². The average molecular weight is 223 g/mol. The Balaban J connectivity index is 1.97. The molecule has 0 aromatic carbocycles. The predicted molar refractivity (Wildman–Crippen MR) is 53.9 cm³/mol. The van der Waals surface area contributed by atoms with Crippen LogP contribution in [0.2, 0.25) is 0 Å². The van der Waals surface area contributed by atoms with E-state index in [0.29, 0.717) is 12.2 Å². The van der Waals surface area contributed by atoms with Crippen molar-refractivity contribution in [2.24, 2.45) is 5.92 Å². The molecule has 1 unspecified atom stereocenters. The molecule has 1 saturated heterocycles. The molecule has 1 aliphatic rings. The lowest BCUT2D eigenvalue weighted by Gasteiger charge is -2.08. The van der Waals surface area contributed by atoms with E-state index in [1.165, 1.54) is 12.3 Å². The summed E-state index contributed by atoms with van der Waals surface area (Å²) in [6.07, 6.45) is 1.43. The number of anilines is 1. The lowest BCUT2D eigenvalue weighted by molar-refractivity contribution is -0.123. The molecule has 5 nitrogen and oxygen atoms in total. The molecular weight excluding hydrogens is 213 g/mol. The summed E-state index contributed by atoms with van der Waals surface area (Å²) in [6, 6.07) is 2.58. The van der Waals surface area contributed by atoms with Crippen LogP contribution in [0, 0.1) is 11.9 Å². The summed E-state index contributed by atoms with van der Waals surface area (Å²) in [7, 11) is 0. The van der Waals surface area contributed by atoms with Crippen molar-refractivity contribution in [3.8, 4) is 0 Å². The molecule has 2 amide bonds. The molecule has 0 aliphatic carbocycles. The molecule has 6 heteroatoms. The second-order valence-electron chi connectivity index (χ2n) is 3.56. The molecule has 16 heavy (non-hydrogen) atoms. The van der Waals surface area contributed by atoms with Crippen molar-refractivity contribution in [3.63, 3.8) is 0 Å². The van der Waals surface area contributed by atoms with Crippen LogP contribution < -0.4 is 10.6 Å². The number of amides is 2. The molecule has 2 heterocycles. The maximum Gasteiger partial charge on any atom is 0.229 e. The van der Waals surface area contributed by atoms with E-state index < -0.39 is 5.95 Å². The standard InChI is InChI=1S/C10H10FN3O2/c11-8-2-1-7(5-12-8)14-10(16)6-3-9(15)13-4-6/h1-2,5-6H,3-4H2,(H,13,15)(H,14,16). The fourth-order valence-corrected chi connectivity index (χ4v) is 1.48. The fraction of sp³-hybridized carbons (Fsp3) is 0.300. The SMILES string of the molecule is O=C1CC(C(=O)Nc2ccc(F)nc2)CN1. The number of carbonyl (C=O) groups is 2. The van der Waals surface area contributed by atoms with E-state index in [1.54, 1.807) is 0 Å². The van der Waals surface area contributed by atoms with Crippen molar-refractivity contribution in [1.82, 2.24) is 10.3 Å². The maximum absolute atomic E-state index is 12.5. The van der Waals surface area contributed by atoms with Gasteiger partial charge in [0.1, 0.15) is 0 Å². The minimum Gasteiger partial charge on any atom is -0.355 e. The number of carbonyl (C=O) groups excluding carboxylic acids is 2. The molecule has 2 rings (SSSR count). The van der Waals surface area contributed by atoms with Crippen LogP contribution in [-0.4, -0.2) is 23.3 Å². The van der Waals surface area contributed by atoms with E-state index in [9.17, 15) is 14.0 Å². The molecule has 1 aromatic heterocycles. The number of halogens is 1. The number of nitrogens with zero attached hydrogens (tertiary/aromatic N) is 1. The van der Waals surface area contributed by atoms with Crippen LogP contribution in [0.1, 0.15) is 6.42 Å². The van der Waals surface area contributed by atoms with Gasteiger partial charge in [-0.1, -0.05) is 0 Å². The topological polar surface area (TPSA) is 71.1 Å². The van der Waals surface area contributed by atoms with Crippen LogP contribution in [0.4, 0.5) is 10.1 Å². The largest absolute Gasteiger partial charge is 0.355 e. The van der Waals surface area contributed by atoms with Crippen LogP contribution in [0.5, 0.6) is 0 Å². The highest BCUT2D eigenvalue weighted by molar-refractivity contribution is 5.97. The van der Waals surface area contributed by atoms with Crippen molar-refractivity contribution >= 4 is 17.5 Å². The Labute approximate surface area is 91.1 Å². The minimum atomic E-state index is -0.601. The highest BCUT2D eigenvalue weighted by Crippen LogP contribution is 2.13. The van der Waals surface area contributed by atoms with Gasteiger partial charge >= 0.3 is 0 Å². The second kappa shape index (κ2) is 4.26. The first-order valence-corrected chi connectivity index (χ1v) is 4.84. The molecule has 0 radical (unpaired) electrons. The van der Waals surface area contributed by atoms with E-state index >= 15 is 0 Å². The van der Waals surface area contributed by atoms with Crippen molar-refractivity contribution < 1.29 is 14.0 Å². The summed E-state index contributed by atoms with van der Waals surface area (Å²) < 4.78 is 12.5.